The van der Waals surface area contributed by atoms with Crippen LogP contribution >= 0.6 is 0 Å². The van der Waals surface area contributed by atoms with Gasteiger partial charge in [0, 0.05) is 36.1 Å². The number of anilines is 1. The van der Waals surface area contributed by atoms with Crippen molar-refractivity contribution in [1.29, 1.82) is 0 Å². The van der Waals surface area contributed by atoms with E-state index in [0.717, 1.165) is 66.1 Å². The topological polar surface area (TPSA) is 70.2 Å². The van der Waals surface area contributed by atoms with Crippen LogP contribution in [0.5, 0.6) is 0 Å². The highest BCUT2D eigenvalue weighted by molar-refractivity contribution is 6.09. The molecule has 6 nitrogen and oxygen atoms in total. The summed E-state index contributed by atoms with van der Waals surface area (Å²) in [4.78, 5) is 15.3. The fraction of sp³-hybridized carbons (Fsp3) is 0.290. The van der Waals surface area contributed by atoms with E-state index < -0.39 is 5.41 Å². The number of aromatic nitrogens is 2. The van der Waals surface area contributed by atoms with Crippen LogP contribution < -0.4 is 5.32 Å². The molecule has 2 fully saturated rings. The molecule has 0 unspecified atom stereocenters. The van der Waals surface area contributed by atoms with Crippen LogP contribution in [0.4, 0.5) is 5.69 Å². The smallest absolute Gasteiger partial charge is 0.235 e. The maximum Gasteiger partial charge on any atom is 0.235 e. The summed E-state index contributed by atoms with van der Waals surface area (Å²) in [6, 6.07) is 23.7. The highest BCUT2D eigenvalue weighted by Crippen LogP contribution is 2.64. The molecule has 3 heterocycles. The Balaban J connectivity index is 1.08. The fourth-order valence-electron chi connectivity index (χ4n) is 6.19. The van der Waals surface area contributed by atoms with Gasteiger partial charge in [0.15, 0.2) is 0 Å². The number of H-pyrrole nitrogens is 1. The zero-order valence-corrected chi connectivity index (χ0v) is 20.9. The van der Waals surface area contributed by atoms with Crippen LogP contribution in [0, 0.1) is 0 Å². The molecule has 1 saturated heterocycles. The summed E-state index contributed by atoms with van der Waals surface area (Å²) in [7, 11) is 0. The maximum atomic E-state index is 12.9. The number of fused-ring (bicyclic) bond motifs is 3. The van der Waals surface area contributed by atoms with Gasteiger partial charge in [-0.2, -0.15) is 5.10 Å². The second-order valence-electron chi connectivity index (χ2n) is 10.5. The number of carbonyl (C=O) groups excluding carboxylic acids is 1. The van der Waals surface area contributed by atoms with Crippen molar-refractivity contribution < 1.29 is 9.53 Å². The van der Waals surface area contributed by atoms with Crippen LogP contribution in [0.25, 0.3) is 23.1 Å². The van der Waals surface area contributed by atoms with Gasteiger partial charge in [-0.15, -0.1) is 0 Å². The molecule has 3 aliphatic rings. The Morgan fingerprint density at radius 3 is 2.70 bits per heavy atom. The second-order valence-corrected chi connectivity index (χ2v) is 10.5. The molecular formula is C31H30N4O2. The molecule has 7 rings (SSSR count). The Morgan fingerprint density at radius 2 is 1.86 bits per heavy atom. The predicted octanol–water partition coefficient (Wildman–Crippen LogP) is 5.50. The minimum atomic E-state index is -0.418. The van der Waals surface area contributed by atoms with Crippen LogP contribution in [-0.4, -0.2) is 47.3 Å². The van der Waals surface area contributed by atoms with E-state index in [9.17, 15) is 4.79 Å². The molecule has 6 heteroatoms. The third-order valence-corrected chi connectivity index (χ3v) is 8.49. The van der Waals surface area contributed by atoms with E-state index in [2.05, 4.69) is 88.0 Å². The molecule has 3 aromatic carbocycles. The van der Waals surface area contributed by atoms with Crippen LogP contribution in [0.3, 0.4) is 0 Å². The van der Waals surface area contributed by atoms with Crippen LogP contribution in [0.1, 0.15) is 53.3 Å². The Bertz CT molecular complexity index is 1520. The van der Waals surface area contributed by atoms with Gasteiger partial charge in [-0.1, -0.05) is 60.7 Å². The lowest BCUT2D eigenvalue weighted by Crippen LogP contribution is -2.37. The van der Waals surface area contributed by atoms with Crippen molar-refractivity contribution >= 4 is 34.6 Å². The maximum absolute atomic E-state index is 12.9. The molecule has 4 aromatic rings. The monoisotopic (exact) mass is 490 g/mol. The van der Waals surface area contributed by atoms with E-state index in [-0.39, 0.29) is 11.8 Å². The number of hydrogen-bond donors (Lipinski definition) is 2. The number of nitrogens with one attached hydrogen (secondary N) is 2. The van der Waals surface area contributed by atoms with Gasteiger partial charge < -0.3 is 10.1 Å². The Kier molecular flexibility index (Phi) is 5.27. The number of aromatic amines is 1. The highest BCUT2D eigenvalue weighted by atomic mass is 16.5. The third-order valence-electron chi connectivity index (χ3n) is 8.49. The Morgan fingerprint density at radius 1 is 1.05 bits per heavy atom. The van der Waals surface area contributed by atoms with Crippen molar-refractivity contribution in [2.24, 2.45) is 0 Å². The summed E-state index contributed by atoms with van der Waals surface area (Å²) in [5, 5.41) is 11.9. The van der Waals surface area contributed by atoms with Gasteiger partial charge in [-0.3, -0.25) is 14.8 Å². The molecule has 1 amide bonds. The highest BCUT2D eigenvalue weighted by Gasteiger charge is 2.65. The number of amides is 1. The first-order valence-electron chi connectivity index (χ1n) is 13.1. The van der Waals surface area contributed by atoms with E-state index in [4.69, 9.17) is 4.74 Å². The molecular weight excluding hydrogens is 460 g/mol. The molecule has 1 aromatic heterocycles. The molecule has 186 valence electrons. The standard InChI is InChI=1S/C31H30N4O2/c1-20(35-14-16-37-17-15-35)22-9-6-21(7-10-22)8-13-27-24-12-11-23(18-29(24)34-33-27)26-19-31(26)25-4-2-3-5-28(25)32-30(31)36/h2-13,18,20,26H,14-17,19H2,1H3,(H,32,36)(H,33,34)/b13-8+/t20-,26+,31+/m1/s1. The third kappa shape index (κ3) is 3.71. The lowest BCUT2D eigenvalue weighted by atomic mass is 9.92. The largest absolute Gasteiger partial charge is 0.379 e. The minimum Gasteiger partial charge on any atom is -0.379 e. The van der Waals surface area contributed by atoms with Crippen molar-refractivity contribution in [3.63, 3.8) is 0 Å². The van der Waals surface area contributed by atoms with Crippen molar-refractivity contribution in [2.45, 2.75) is 30.7 Å². The van der Waals surface area contributed by atoms with Gasteiger partial charge in [0.05, 0.1) is 29.8 Å². The summed E-state index contributed by atoms with van der Waals surface area (Å²) in [6.45, 7) is 5.86. The molecule has 2 N–H and O–H groups in total. The summed E-state index contributed by atoms with van der Waals surface area (Å²) >= 11 is 0. The van der Waals surface area contributed by atoms with Crippen LogP contribution in [0.15, 0.2) is 66.7 Å². The molecule has 1 spiro atoms. The Labute approximate surface area is 216 Å². The molecule has 2 aliphatic heterocycles. The molecule has 37 heavy (non-hydrogen) atoms. The number of benzene rings is 3. The van der Waals surface area contributed by atoms with Gasteiger partial charge in [0.1, 0.15) is 0 Å². The average Bonchev–Trinajstić information content (AvgIpc) is 3.48. The SMILES string of the molecule is C[C@H](c1ccc(/C=C/c2n[nH]c3cc([C@@H]4C[C@@]45C(=O)Nc4ccccc45)ccc23)cc1)N1CCOCC1. The van der Waals surface area contributed by atoms with Gasteiger partial charge in [0.2, 0.25) is 5.91 Å². The summed E-state index contributed by atoms with van der Waals surface area (Å²) in [5.41, 5.74) is 7.24. The molecule has 0 radical (unpaired) electrons. The summed E-state index contributed by atoms with van der Waals surface area (Å²) in [5.74, 6) is 0.318. The van der Waals surface area contributed by atoms with Crippen LogP contribution in [-0.2, 0) is 14.9 Å². The van der Waals surface area contributed by atoms with Crippen molar-refractivity contribution in [3.05, 3.63) is 94.7 Å². The second kappa shape index (κ2) is 8.68. The quantitative estimate of drug-likeness (QED) is 0.387. The van der Waals surface area contributed by atoms with E-state index in [1.165, 1.54) is 11.1 Å². The van der Waals surface area contributed by atoms with Crippen molar-refractivity contribution in [3.8, 4) is 0 Å². The Hall–Kier alpha value is -3.74. The number of hydrogen-bond acceptors (Lipinski definition) is 4. The molecule has 0 bridgehead atoms. The van der Waals surface area contributed by atoms with Gasteiger partial charge >= 0.3 is 0 Å². The summed E-state index contributed by atoms with van der Waals surface area (Å²) in [6.07, 6.45) is 5.03. The fourth-order valence-corrected chi connectivity index (χ4v) is 6.19. The van der Waals surface area contributed by atoms with Crippen molar-refractivity contribution in [2.75, 3.05) is 31.6 Å². The molecule has 3 atom stereocenters. The first-order chi connectivity index (χ1) is 18.1. The molecule has 1 saturated carbocycles. The molecule has 1 aliphatic carbocycles. The number of nitrogens with zero attached hydrogens (tertiary/aromatic N) is 2. The van der Waals surface area contributed by atoms with E-state index in [1.807, 2.05) is 18.2 Å². The van der Waals surface area contributed by atoms with Gasteiger partial charge in [-0.25, -0.2) is 0 Å². The number of morpholine rings is 1. The first-order valence-corrected chi connectivity index (χ1v) is 13.1. The van der Waals surface area contributed by atoms with Gasteiger partial charge in [0.25, 0.3) is 0 Å². The van der Waals surface area contributed by atoms with E-state index in [1.54, 1.807) is 0 Å². The van der Waals surface area contributed by atoms with E-state index >= 15 is 0 Å². The van der Waals surface area contributed by atoms with E-state index in [0.29, 0.717) is 6.04 Å². The van der Waals surface area contributed by atoms with Gasteiger partial charge in [-0.05, 0) is 53.8 Å². The zero-order chi connectivity index (χ0) is 25.0. The minimum absolute atomic E-state index is 0.123. The zero-order valence-electron chi connectivity index (χ0n) is 20.9. The predicted molar refractivity (Wildman–Crippen MR) is 146 cm³/mol. The number of rotatable bonds is 5. The average molecular weight is 491 g/mol. The number of ether oxygens (including phenoxy) is 1. The first kappa shape index (κ1) is 22.5. The normalized spacial score (nSPS) is 24.0. The van der Waals surface area contributed by atoms with Crippen molar-refractivity contribution in [1.82, 2.24) is 15.1 Å². The number of para-hydroxylation sites is 1. The number of carbonyl (C=O) groups is 1. The lowest BCUT2D eigenvalue weighted by Gasteiger charge is -2.32. The van der Waals surface area contributed by atoms with Crippen LogP contribution in [0.2, 0.25) is 0 Å². The lowest BCUT2D eigenvalue weighted by molar-refractivity contribution is -0.118. The summed E-state index contributed by atoms with van der Waals surface area (Å²) < 4.78 is 5.49.